The SMILES string of the molecule is CC1=C(Cl)C(=O)OC1Nc1ncnc2c1ncn2[C@@H]1O[C@H](CO)[C@@H](O)[C@H]1O. The smallest absolute Gasteiger partial charge is 0.352 e. The van der Waals surface area contributed by atoms with Gasteiger partial charge in [0.2, 0.25) is 0 Å². The van der Waals surface area contributed by atoms with Crippen molar-refractivity contribution in [3.63, 3.8) is 0 Å². The van der Waals surface area contributed by atoms with E-state index in [1.54, 1.807) is 6.92 Å². The van der Waals surface area contributed by atoms with Crippen LogP contribution < -0.4 is 5.32 Å². The number of aliphatic hydroxyl groups excluding tert-OH is 3. The standard InChI is InChI=1S/C15H16ClN5O6/c1-5-7(16)15(25)27-13(5)20-11-8-12(18-3-17-11)21(4-19-8)14-10(24)9(23)6(2-22)26-14/h3-4,6,9-10,13-14,22-24H,2H2,1H3,(H,17,18,20)/t6-,9-,10-,13?,14-/m1/s1. The van der Waals surface area contributed by atoms with Crippen LogP contribution >= 0.6 is 11.6 Å². The molecule has 0 saturated carbocycles. The Balaban J connectivity index is 1.66. The number of anilines is 1. The van der Waals surface area contributed by atoms with E-state index in [0.29, 0.717) is 16.7 Å². The zero-order valence-corrected chi connectivity index (χ0v) is 14.7. The molecule has 0 aliphatic carbocycles. The number of rotatable bonds is 4. The summed E-state index contributed by atoms with van der Waals surface area (Å²) in [5.41, 5.74) is 1.16. The molecule has 2 aliphatic rings. The number of hydrogen-bond donors (Lipinski definition) is 4. The minimum atomic E-state index is -1.27. The van der Waals surface area contributed by atoms with Crippen molar-refractivity contribution in [3.8, 4) is 0 Å². The van der Waals surface area contributed by atoms with E-state index >= 15 is 0 Å². The highest BCUT2D eigenvalue weighted by Crippen LogP contribution is 2.33. The van der Waals surface area contributed by atoms with Gasteiger partial charge >= 0.3 is 5.97 Å². The molecule has 0 aromatic carbocycles. The van der Waals surface area contributed by atoms with Gasteiger partial charge < -0.3 is 30.1 Å². The second-order valence-corrected chi connectivity index (χ2v) is 6.58. The Kier molecular flexibility index (Phi) is 4.48. The molecule has 11 nitrogen and oxygen atoms in total. The molecular formula is C15H16ClN5O6. The number of hydrogen-bond acceptors (Lipinski definition) is 10. The van der Waals surface area contributed by atoms with Crippen LogP contribution in [0.25, 0.3) is 11.2 Å². The molecule has 1 saturated heterocycles. The minimum Gasteiger partial charge on any atom is -0.433 e. The molecule has 144 valence electrons. The number of carbonyl (C=O) groups excluding carboxylic acids is 1. The van der Waals surface area contributed by atoms with Crippen molar-refractivity contribution >= 4 is 34.6 Å². The van der Waals surface area contributed by atoms with Gasteiger partial charge in [-0.2, -0.15) is 0 Å². The number of aromatic nitrogens is 4. The van der Waals surface area contributed by atoms with Crippen molar-refractivity contribution in [3.05, 3.63) is 23.3 Å². The first kappa shape index (κ1) is 18.1. The Bertz CT molecular complexity index is 933. The Morgan fingerprint density at radius 1 is 1.30 bits per heavy atom. The van der Waals surface area contributed by atoms with Gasteiger partial charge in [0.15, 0.2) is 29.4 Å². The van der Waals surface area contributed by atoms with Gasteiger partial charge in [-0.05, 0) is 6.92 Å². The quantitative estimate of drug-likeness (QED) is 0.484. The predicted octanol–water partition coefficient (Wildman–Crippen LogP) is -0.755. The fourth-order valence-electron chi connectivity index (χ4n) is 3.04. The number of ether oxygens (including phenoxy) is 2. The van der Waals surface area contributed by atoms with Crippen LogP contribution in [-0.4, -0.2) is 72.0 Å². The minimum absolute atomic E-state index is 0.00911. The fraction of sp³-hybridized carbons (Fsp3) is 0.467. The maximum atomic E-state index is 11.6. The van der Waals surface area contributed by atoms with Crippen LogP contribution in [0.15, 0.2) is 23.3 Å². The molecule has 5 atom stereocenters. The van der Waals surface area contributed by atoms with Crippen molar-refractivity contribution in [2.24, 2.45) is 0 Å². The molecule has 1 fully saturated rings. The average molecular weight is 398 g/mol. The highest BCUT2D eigenvalue weighted by molar-refractivity contribution is 6.42. The van der Waals surface area contributed by atoms with Crippen molar-refractivity contribution in [2.45, 2.75) is 37.7 Å². The van der Waals surface area contributed by atoms with Gasteiger partial charge in [0.05, 0.1) is 12.9 Å². The van der Waals surface area contributed by atoms with Crippen LogP contribution in [0.2, 0.25) is 0 Å². The second-order valence-electron chi connectivity index (χ2n) is 6.20. The number of halogens is 1. The number of nitrogens with zero attached hydrogens (tertiary/aromatic N) is 4. The van der Waals surface area contributed by atoms with E-state index in [2.05, 4.69) is 20.3 Å². The maximum Gasteiger partial charge on any atom is 0.352 e. The molecule has 0 amide bonds. The maximum absolute atomic E-state index is 11.6. The summed E-state index contributed by atoms with van der Waals surface area (Å²) in [6.45, 7) is 1.21. The van der Waals surface area contributed by atoms with E-state index in [0.717, 1.165) is 0 Å². The van der Waals surface area contributed by atoms with Crippen LogP contribution in [0.3, 0.4) is 0 Å². The summed E-state index contributed by atoms with van der Waals surface area (Å²) in [6.07, 6.45) is -2.57. The Hall–Kier alpha value is -2.31. The zero-order chi connectivity index (χ0) is 19.3. The first-order valence-corrected chi connectivity index (χ1v) is 8.44. The van der Waals surface area contributed by atoms with E-state index in [1.165, 1.54) is 17.2 Å². The Labute approximate surface area is 157 Å². The number of imidazole rings is 1. The highest BCUT2D eigenvalue weighted by atomic mass is 35.5. The molecule has 1 unspecified atom stereocenters. The van der Waals surface area contributed by atoms with Crippen molar-refractivity contribution in [1.29, 1.82) is 0 Å². The van der Waals surface area contributed by atoms with Gasteiger partial charge in [-0.3, -0.25) is 4.57 Å². The van der Waals surface area contributed by atoms with Gasteiger partial charge in [0.25, 0.3) is 0 Å². The van der Waals surface area contributed by atoms with Crippen LogP contribution in [0.1, 0.15) is 13.2 Å². The molecule has 2 aromatic rings. The molecule has 27 heavy (non-hydrogen) atoms. The lowest BCUT2D eigenvalue weighted by atomic mass is 10.1. The van der Waals surface area contributed by atoms with E-state index in [4.69, 9.17) is 21.1 Å². The van der Waals surface area contributed by atoms with Gasteiger partial charge in [-0.1, -0.05) is 11.6 Å². The third kappa shape index (κ3) is 2.84. The van der Waals surface area contributed by atoms with Crippen molar-refractivity contribution in [1.82, 2.24) is 19.5 Å². The van der Waals surface area contributed by atoms with Crippen LogP contribution in [-0.2, 0) is 14.3 Å². The third-order valence-corrected chi connectivity index (χ3v) is 5.01. The topological polar surface area (TPSA) is 152 Å². The molecule has 0 radical (unpaired) electrons. The summed E-state index contributed by atoms with van der Waals surface area (Å²) in [5, 5.41) is 32.3. The van der Waals surface area contributed by atoms with Gasteiger partial charge in [-0.25, -0.2) is 19.7 Å². The zero-order valence-electron chi connectivity index (χ0n) is 14.0. The lowest BCUT2D eigenvalue weighted by Gasteiger charge is -2.17. The van der Waals surface area contributed by atoms with E-state index < -0.39 is 43.3 Å². The van der Waals surface area contributed by atoms with E-state index in [-0.39, 0.29) is 10.9 Å². The Morgan fingerprint density at radius 3 is 2.70 bits per heavy atom. The number of cyclic esters (lactones) is 1. The first-order chi connectivity index (χ1) is 12.9. The largest absolute Gasteiger partial charge is 0.433 e. The second kappa shape index (κ2) is 6.69. The molecule has 4 rings (SSSR count). The molecule has 12 heteroatoms. The number of esters is 1. The molecule has 2 aliphatic heterocycles. The summed E-state index contributed by atoms with van der Waals surface area (Å²) in [7, 11) is 0. The molecule has 4 heterocycles. The normalized spacial score (nSPS) is 31.0. The molecule has 0 spiro atoms. The molecule has 0 bridgehead atoms. The highest BCUT2D eigenvalue weighted by Gasteiger charge is 2.44. The summed E-state index contributed by atoms with van der Waals surface area (Å²) >= 11 is 5.86. The molecule has 4 N–H and O–H groups in total. The lowest BCUT2D eigenvalue weighted by Crippen LogP contribution is -2.33. The third-order valence-electron chi connectivity index (χ3n) is 4.56. The van der Waals surface area contributed by atoms with Crippen LogP contribution in [0.5, 0.6) is 0 Å². The van der Waals surface area contributed by atoms with Gasteiger partial charge in [-0.15, -0.1) is 0 Å². The number of aliphatic hydroxyl groups is 3. The van der Waals surface area contributed by atoms with Gasteiger partial charge in [0.1, 0.15) is 29.7 Å². The molecular weight excluding hydrogens is 382 g/mol. The lowest BCUT2D eigenvalue weighted by molar-refractivity contribution is -0.138. The van der Waals surface area contributed by atoms with Crippen LogP contribution in [0.4, 0.5) is 5.82 Å². The average Bonchev–Trinajstić information content (AvgIpc) is 3.28. The van der Waals surface area contributed by atoms with Gasteiger partial charge in [0, 0.05) is 5.57 Å². The molecule has 2 aromatic heterocycles. The number of fused-ring (bicyclic) bond motifs is 1. The van der Waals surface area contributed by atoms with Crippen molar-refractivity contribution in [2.75, 3.05) is 11.9 Å². The summed E-state index contributed by atoms with van der Waals surface area (Å²) in [6, 6.07) is 0. The van der Waals surface area contributed by atoms with Crippen LogP contribution in [0, 0.1) is 0 Å². The monoisotopic (exact) mass is 397 g/mol. The first-order valence-electron chi connectivity index (χ1n) is 8.06. The summed E-state index contributed by atoms with van der Waals surface area (Å²) < 4.78 is 12.1. The summed E-state index contributed by atoms with van der Waals surface area (Å²) in [5.74, 6) is -0.344. The van der Waals surface area contributed by atoms with Crippen molar-refractivity contribution < 1.29 is 29.6 Å². The fourth-order valence-corrected chi connectivity index (χ4v) is 3.18. The summed E-state index contributed by atoms with van der Waals surface area (Å²) in [4.78, 5) is 24.1. The Morgan fingerprint density at radius 2 is 2.07 bits per heavy atom. The number of carbonyl (C=O) groups is 1. The van der Waals surface area contributed by atoms with E-state index in [9.17, 15) is 20.1 Å². The predicted molar refractivity (Wildman–Crippen MR) is 90.4 cm³/mol. The van der Waals surface area contributed by atoms with E-state index in [1.807, 2.05) is 0 Å². The number of nitrogens with one attached hydrogen (secondary N) is 1.